The summed E-state index contributed by atoms with van der Waals surface area (Å²) in [4.78, 5) is 0.362. The van der Waals surface area contributed by atoms with Gasteiger partial charge in [-0.05, 0) is 104 Å². The first-order valence-electron chi connectivity index (χ1n) is 13.4. The maximum Gasteiger partial charge on any atom is 0.178 e. The van der Waals surface area contributed by atoms with Gasteiger partial charge < -0.3 is 14.9 Å². The van der Waals surface area contributed by atoms with Crippen LogP contribution in [-0.2, 0) is 9.84 Å². The monoisotopic (exact) mass is 514 g/mol. The molecule has 0 radical (unpaired) electrons. The molecule has 0 unspecified atom stereocenters. The van der Waals surface area contributed by atoms with Gasteiger partial charge in [-0.15, -0.1) is 0 Å². The Morgan fingerprint density at radius 3 is 2.61 bits per heavy atom. The zero-order valence-corrected chi connectivity index (χ0v) is 22.8. The minimum absolute atomic E-state index is 0.166. The number of rotatable bonds is 7. The molecule has 0 amide bonds. The van der Waals surface area contributed by atoms with Crippen LogP contribution in [0.2, 0.25) is 0 Å². The van der Waals surface area contributed by atoms with Gasteiger partial charge in [0.2, 0.25) is 0 Å². The summed E-state index contributed by atoms with van der Waals surface area (Å²) in [5.41, 5.74) is 3.31. The maximum absolute atomic E-state index is 13.0. The van der Waals surface area contributed by atoms with Crippen LogP contribution in [0.25, 0.3) is 0 Å². The Morgan fingerprint density at radius 1 is 1.19 bits per heavy atom. The number of sulfone groups is 1. The van der Waals surface area contributed by atoms with Gasteiger partial charge in [0.1, 0.15) is 5.75 Å². The predicted molar refractivity (Wildman–Crippen MR) is 144 cm³/mol. The van der Waals surface area contributed by atoms with Crippen LogP contribution in [0.1, 0.15) is 65.2 Å². The highest BCUT2D eigenvalue weighted by molar-refractivity contribution is 7.91. The van der Waals surface area contributed by atoms with Gasteiger partial charge in [0.15, 0.2) is 9.84 Å². The van der Waals surface area contributed by atoms with Crippen molar-refractivity contribution in [3.05, 3.63) is 59.7 Å². The Bertz CT molecular complexity index is 1120. The molecule has 0 aromatic heterocycles. The predicted octanol–water partition coefficient (Wildman–Crippen LogP) is 5.64. The van der Waals surface area contributed by atoms with Crippen molar-refractivity contribution in [2.45, 2.75) is 82.3 Å². The van der Waals surface area contributed by atoms with E-state index in [1.54, 1.807) is 31.4 Å². The van der Waals surface area contributed by atoms with Crippen LogP contribution < -0.4 is 4.74 Å². The highest BCUT2D eigenvalue weighted by Gasteiger charge is 2.50. The molecule has 1 aromatic rings. The number of hydrogen-bond donors (Lipinski definition) is 2. The smallest absolute Gasteiger partial charge is 0.178 e. The van der Waals surface area contributed by atoms with E-state index in [0.717, 1.165) is 36.8 Å². The molecule has 0 aliphatic heterocycles. The molecule has 5 nitrogen and oxygen atoms in total. The van der Waals surface area contributed by atoms with E-state index in [-0.39, 0.29) is 11.2 Å². The molecule has 4 rings (SSSR count). The molecular formula is C30H42O5S. The number of aliphatic hydroxyl groups excluding tert-OH is 2. The number of methoxy groups -OCH3 is 1. The normalized spacial score (nSPS) is 34.1. The van der Waals surface area contributed by atoms with Crippen LogP contribution in [0.5, 0.6) is 5.75 Å². The molecule has 0 bridgehead atoms. The number of aliphatic hydroxyl groups is 2. The van der Waals surface area contributed by atoms with Crippen molar-refractivity contribution in [1.29, 1.82) is 0 Å². The average molecular weight is 515 g/mol. The Labute approximate surface area is 216 Å². The summed E-state index contributed by atoms with van der Waals surface area (Å²) in [5.74, 6) is 2.15. The molecule has 1 aromatic carbocycles. The molecule has 3 aliphatic carbocycles. The minimum Gasteiger partial charge on any atom is -0.497 e. The largest absolute Gasteiger partial charge is 0.497 e. The van der Waals surface area contributed by atoms with E-state index in [0.29, 0.717) is 47.7 Å². The number of fused-ring (bicyclic) bond motifs is 1. The zero-order chi connectivity index (χ0) is 26.1. The minimum atomic E-state index is -3.33. The third-order valence-corrected chi connectivity index (χ3v) is 11.0. The SMILES string of the molecule is C=C1C(=CC=C2CCC[C@]3(C)[C@@H]([C@H](C)CCS(=O)(=O)c4ccc(OC)cc4)CC[C@@H]23)C[C@H](O)C[C@H]1O. The maximum atomic E-state index is 13.0. The van der Waals surface area contributed by atoms with Crippen molar-refractivity contribution >= 4 is 9.84 Å². The van der Waals surface area contributed by atoms with Crippen molar-refractivity contribution in [3.8, 4) is 5.75 Å². The van der Waals surface area contributed by atoms with Crippen LogP contribution in [0.3, 0.4) is 0 Å². The molecule has 3 aliphatic rings. The summed E-state index contributed by atoms with van der Waals surface area (Å²) >= 11 is 0. The van der Waals surface area contributed by atoms with Crippen LogP contribution >= 0.6 is 0 Å². The number of hydrogen-bond acceptors (Lipinski definition) is 5. The lowest BCUT2D eigenvalue weighted by Gasteiger charge is -2.44. The van der Waals surface area contributed by atoms with Gasteiger partial charge in [0, 0.05) is 6.42 Å². The topological polar surface area (TPSA) is 83.8 Å². The van der Waals surface area contributed by atoms with Crippen LogP contribution in [0.15, 0.2) is 64.6 Å². The Kier molecular flexibility index (Phi) is 8.18. The molecule has 6 atom stereocenters. The van der Waals surface area contributed by atoms with Gasteiger partial charge in [0.25, 0.3) is 0 Å². The van der Waals surface area contributed by atoms with E-state index < -0.39 is 22.0 Å². The van der Waals surface area contributed by atoms with E-state index in [4.69, 9.17) is 4.74 Å². The number of benzene rings is 1. The highest BCUT2D eigenvalue weighted by Crippen LogP contribution is 2.59. The van der Waals surface area contributed by atoms with Gasteiger partial charge in [0.05, 0.1) is 30.0 Å². The second-order valence-electron chi connectivity index (χ2n) is 11.4. The lowest BCUT2D eigenvalue weighted by molar-refractivity contribution is 0.0861. The van der Waals surface area contributed by atoms with Crippen LogP contribution in [0, 0.1) is 23.2 Å². The standard InChI is InChI=1S/C30H42O5S/c1-20(15-17-36(33,34)26-11-9-25(35-4)10-12-26)27-13-14-28-22(6-5-16-30(27,28)3)7-8-23-18-24(31)19-29(32)21(23)2/h7-12,20,24,27-29,31-32H,2,5-6,13-19H2,1,3-4H3/t20-,24+,27-,28+,29-,30-/m1/s1. The fourth-order valence-corrected chi connectivity index (χ4v) is 8.59. The van der Waals surface area contributed by atoms with Gasteiger partial charge in [-0.1, -0.05) is 38.2 Å². The molecule has 198 valence electrons. The first kappa shape index (κ1) is 27.2. The Balaban J connectivity index is 1.44. The van der Waals surface area contributed by atoms with E-state index in [1.807, 2.05) is 0 Å². The van der Waals surface area contributed by atoms with Crippen molar-refractivity contribution in [2.24, 2.45) is 23.2 Å². The van der Waals surface area contributed by atoms with Crippen LogP contribution in [0.4, 0.5) is 0 Å². The lowest BCUT2D eigenvalue weighted by atomic mass is 9.61. The van der Waals surface area contributed by atoms with Crippen molar-refractivity contribution < 1.29 is 23.4 Å². The van der Waals surface area contributed by atoms with Gasteiger partial charge in [-0.3, -0.25) is 0 Å². The third-order valence-electron chi connectivity index (χ3n) is 9.25. The number of allylic oxidation sites excluding steroid dienone is 3. The fraction of sp³-hybridized carbons (Fsp3) is 0.600. The third kappa shape index (κ3) is 5.51. The van der Waals surface area contributed by atoms with Crippen LogP contribution in [-0.4, -0.2) is 43.7 Å². The molecule has 36 heavy (non-hydrogen) atoms. The highest BCUT2D eigenvalue weighted by atomic mass is 32.2. The van der Waals surface area contributed by atoms with Gasteiger partial charge in [-0.2, -0.15) is 0 Å². The quantitative estimate of drug-likeness (QED) is 0.492. The first-order chi connectivity index (χ1) is 17.0. The van der Waals surface area contributed by atoms with Crippen molar-refractivity contribution in [2.75, 3.05) is 12.9 Å². The molecule has 3 fully saturated rings. The summed E-state index contributed by atoms with van der Waals surface area (Å²) in [5, 5.41) is 20.3. The van der Waals surface area contributed by atoms with Gasteiger partial charge >= 0.3 is 0 Å². The summed E-state index contributed by atoms with van der Waals surface area (Å²) in [6.45, 7) is 8.69. The summed E-state index contributed by atoms with van der Waals surface area (Å²) < 4.78 is 31.1. The van der Waals surface area contributed by atoms with E-state index in [9.17, 15) is 18.6 Å². The molecular weight excluding hydrogens is 472 g/mol. The lowest BCUT2D eigenvalue weighted by Crippen LogP contribution is -2.36. The fourth-order valence-electron chi connectivity index (χ4n) is 7.12. The van der Waals surface area contributed by atoms with E-state index >= 15 is 0 Å². The van der Waals surface area contributed by atoms with Crippen molar-refractivity contribution in [3.63, 3.8) is 0 Å². The first-order valence-corrected chi connectivity index (χ1v) is 15.0. The average Bonchev–Trinajstić information content (AvgIpc) is 3.21. The molecule has 3 saturated carbocycles. The van der Waals surface area contributed by atoms with Gasteiger partial charge in [-0.25, -0.2) is 8.42 Å². The summed E-state index contributed by atoms with van der Waals surface area (Å²) in [7, 11) is -1.75. The van der Waals surface area contributed by atoms with Crippen molar-refractivity contribution in [1.82, 2.24) is 0 Å². The molecule has 2 N–H and O–H groups in total. The molecule has 0 heterocycles. The Hall–Kier alpha value is -1.89. The summed E-state index contributed by atoms with van der Waals surface area (Å²) in [6.07, 6.45) is 10.4. The van der Waals surface area contributed by atoms with E-state index in [2.05, 4.69) is 32.6 Å². The Morgan fingerprint density at radius 2 is 1.92 bits per heavy atom. The molecule has 0 spiro atoms. The second-order valence-corrected chi connectivity index (χ2v) is 13.5. The zero-order valence-electron chi connectivity index (χ0n) is 21.9. The number of ether oxygens (including phenoxy) is 1. The molecule has 6 heteroatoms. The van der Waals surface area contributed by atoms with E-state index in [1.165, 1.54) is 12.0 Å². The second kappa shape index (κ2) is 10.8. The molecule has 0 saturated heterocycles. The summed E-state index contributed by atoms with van der Waals surface area (Å²) in [6, 6.07) is 6.68.